The van der Waals surface area contributed by atoms with Crippen molar-refractivity contribution in [3.8, 4) is 23.0 Å². The fourth-order valence-electron chi connectivity index (χ4n) is 5.38. The average molecular weight is 647 g/mol. The summed E-state index contributed by atoms with van der Waals surface area (Å²) in [4.78, 5) is 22.1. The first kappa shape index (κ1) is 31.7. The first-order chi connectivity index (χ1) is 22.0. The van der Waals surface area contributed by atoms with Crippen molar-refractivity contribution in [3.05, 3.63) is 118 Å². The highest BCUT2D eigenvalue weighted by Gasteiger charge is 2.22. The molecule has 2 aromatic heterocycles. The lowest BCUT2D eigenvalue weighted by Gasteiger charge is -2.09. The molecule has 6 rings (SSSR count). The quantitative estimate of drug-likeness (QED) is 0.113. The summed E-state index contributed by atoms with van der Waals surface area (Å²) in [7, 11) is 0. The minimum absolute atomic E-state index is 0.0219. The van der Waals surface area contributed by atoms with Gasteiger partial charge in [0.1, 0.15) is 28.2 Å². The highest BCUT2D eigenvalue weighted by atomic mass is 35.5. The van der Waals surface area contributed by atoms with Gasteiger partial charge in [-0.3, -0.25) is 9.59 Å². The molecule has 0 saturated heterocycles. The third-order valence-corrected chi connectivity index (χ3v) is 7.91. The van der Waals surface area contributed by atoms with Gasteiger partial charge in [-0.05, 0) is 36.4 Å². The highest BCUT2D eigenvalue weighted by Crippen LogP contribution is 2.35. The van der Waals surface area contributed by atoms with Crippen LogP contribution in [-0.4, -0.2) is 51.7 Å². The molecule has 0 aliphatic carbocycles. The van der Waals surface area contributed by atoms with Gasteiger partial charge in [-0.2, -0.15) is 4.39 Å². The maximum Gasteiger partial charge on any atom is 0.308 e. The van der Waals surface area contributed by atoms with Crippen molar-refractivity contribution in [2.24, 2.45) is 0 Å². The highest BCUT2D eigenvalue weighted by molar-refractivity contribution is 6.32. The number of phenols is 4. The van der Waals surface area contributed by atoms with Gasteiger partial charge in [0.05, 0.1) is 37.0 Å². The van der Waals surface area contributed by atoms with E-state index in [9.17, 15) is 34.4 Å². The second kappa shape index (κ2) is 13.1. The van der Waals surface area contributed by atoms with Crippen molar-refractivity contribution < 1.29 is 44.6 Å². The lowest BCUT2D eigenvalue weighted by Crippen LogP contribution is -2.06. The van der Waals surface area contributed by atoms with Gasteiger partial charge in [0.2, 0.25) is 0 Å². The van der Waals surface area contributed by atoms with Crippen LogP contribution in [0.2, 0.25) is 5.15 Å². The number of para-hydroxylation sites is 2. The van der Waals surface area contributed by atoms with Crippen molar-refractivity contribution in [2.75, 3.05) is 0 Å². The molecular weight excluding hydrogens is 619 g/mol. The topological polar surface area (TPSA) is 165 Å². The molecule has 0 radical (unpaired) electrons. The van der Waals surface area contributed by atoms with E-state index in [1.54, 1.807) is 65.2 Å². The Morgan fingerprint density at radius 2 is 1.20 bits per heavy atom. The predicted molar refractivity (Wildman–Crippen MR) is 169 cm³/mol. The third kappa shape index (κ3) is 6.40. The zero-order valence-corrected chi connectivity index (χ0v) is 24.8. The number of hydrogen-bond donors (Lipinski definition) is 6. The van der Waals surface area contributed by atoms with E-state index >= 15 is 0 Å². The van der Waals surface area contributed by atoms with Crippen molar-refractivity contribution in [2.45, 2.75) is 25.9 Å². The van der Waals surface area contributed by atoms with Gasteiger partial charge >= 0.3 is 11.9 Å². The Hall–Kier alpha value is -5.68. The Labute approximate surface area is 266 Å². The molecule has 46 heavy (non-hydrogen) atoms. The van der Waals surface area contributed by atoms with Crippen LogP contribution in [-0.2, 0) is 35.5 Å². The predicted octanol–water partition coefficient (Wildman–Crippen LogP) is 6.25. The van der Waals surface area contributed by atoms with Crippen LogP contribution >= 0.6 is 11.6 Å². The summed E-state index contributed by atoms with van der Waals surface area (Å²) in [5, 5.41) is 58.8. The van der Waals surface area contributed by atoms with E-state index in [0.717, 1.165) is 0 Å². The van der Waals surface area contributed by atoms with Crippen LogP contribution in [0.3, 0.4) is 0 Å². The lowest BCUT2D eigenvalue weighted by molar-refractivity contribution is -0.137. The van der Waals surface area contributed by atoms with Crippen LogP contribution in [0.5, 0.6) is 23.0 Å². The van der Waals surface area contributed by atoms with Crippen LogP contribution in [0.1, 0.15) is 22.3 Å². The largest absolute Gasteiger partial charge is 0.508 e. The Balaban J connectivity index is 0.000000181. The number of hydrogen-bond acceptors (Lipinski definition) is 6. The number of aromatic nitrogens is 2. The first-order valence-corrected chi connectivity index (χ1v) is 14.3. The van der Waals surface area contributed by atoms with Gasteiger partial charge in [-0.25, -0.2) is 0 Å². The van der Waals surface area contributed by atoms with Gasteiger partial charge in [-0.15, -0.1) is 0 Å². The number of phenolic OH excluding ortho intramolecular Hbond substituents is 4. The number of carboxylic acid groups (broad SMARTS) is 2. The molecule has 2 heterocycles. The van der Waals surface area contributed by atoms with E-state index in [-0.39, 0.29) is 58.6 Å². The number of halogens is 2. The summed E-state index contributed by atoms with van der Waals surface area (Å²) < 4.78 is 17.7. The van der Waals surface area contributed by atoms with Crippen LogP contribution in [0.4, 0.5) is 4.39 Å². The normalized spacial score (nSPS) is 11.0. The Kier molecular flexibility index (Phi) is 9.06. The van der Waals surface area contributed by atoms with Gasteiger partial charge in [0.15, 0.2) is 5.95 Å². The SMILES string of the molecule is O=C(O)Cc1c(Cl)n(Cc2ccccc2O)c2cc(O)ccc12.O=C(O)Cc1c(F)n(Cc2ccccc2O)c2cccc(O)c12. The van der Waals surface area contributed by atoms with Crippen molar-refractivity contribution in [1.82, 2.24) is 9.13 Å². The van der Waals surface area contributed by atoms with Crippen LogP contribution in [0, 0.1) is 5.95 Å². The lowest BCUT2D eigenvalue weighted by atomic mass is 10.1. The molecule has 0 fully saturated rings. The molecule has 12 heteroatoms. The van der Waals surface area contributed by atoms with Gasteiger partial charge in [-0.1, -0.05) is 54.1 Å². The fraction of sp³-hybridized carbons (Fsp3) is 0.118. The Morgan fingerprint density at radius 1 is 0.652 bits per heavy atom. The second-order valence-electron chi connectivity index (χ2n) is 10.5. The van der Waals surface area contributed by atoms with E-state index < -0.39 is 24.3 Å². The molecule has 236 valence electrons. The van der Waals surface area contributed by atoms with E-state index in [4.69, 9.17) is 21.8 Å². The van der Waals surface area contributed by atoms with Gasteiger partial charge < -0.3 is 39.8 Å². The maximum atomic E-state index is 14.8. The summed E-state index contributed by atoms with van der Waals surface area (Å²) >= 11 is 6.39. The third-order valence-electron chi connectivity index (χ3n) is 7.48. The number of carboxylic acids is 2. The van der Waals surface area contributed by atoms with E-state index in [0.29, 0.717) is 33.1 Å². The number of aliphatic carboxylic acids is 2. The molecule has 0 bridgehead atoms. The molecule has 0 aliphatic rings. The number of nitrogens with zero attached hydrogens (tertiary/aromatic N) is 2. The zero-order valence-electron chi connectivity index (χ0n) is 24.1. The number of rotatable bonds is 8. The summed E-state index contributed by atoms with van der Waals surface area (Å²) in [6, 6.07) is 22.6. The zero-order chi connectivity index (χ0) is 33.1. The molecule has 6 N–H and O–H groups in total. The van der Waals surface area contributed by atoms with E-state index in [1.165, 1.54) is 28.8 Å². The monoisotopic (exact) mass is 646 g/mol. The van der Waals surface area contributed by atoms with Crippen LogP contribution in [0.25, 0.3) is 21.8 Å². The number of benzene rings is 4. The average Bonchev–Trinajstić information content (AvgIpc) is 3.41. The standard InChI is InChI=1S/C17H14ClNO4.C17H14FNO4/c18-17-13(8-16(22)23)12-6-5-11(20)7-14(12)19(17)9-10-3-1-2-4-15(10)21;18-17-11(8-15(22)23)16-12(5-3-7-14(16)21)19(17)9-10-4-1-2-6-13(10)20/h2*1-7,20-21H,8-9H2,(H,22,23). The van der Waals surface area contributed by atoms with Crippen LogP contribution in [0.15, 0.2) is 84.9 Å². The summed E-state index contributed by atoms with van der Waals surface area (Å²) in [6.07, 6.45) is -0.748. The van der Waals surface area contributed by atoms with E-state index in [2.05, 4.69) is 0 Å². The molecule has 4 aromatic carbocycles. The Morgan fingerprint density at radius 3 is 1.78 bits per heavy atom. The second-order valence-corrected chi connectivity index (χ2v) is 10.8. The minimum atomic E-state index is -1.19. The molecule has 0 amide bonds. The Bertz CT molecular complexity index is 2050. The summed E-state index contributed by atoms with van der Waals surface area (Å²) in [5.74, 6) is -2.86. The summed E-state index contributed by atoms with van der Waals surface area (Å²) in [5.41, 5.74) is 2.56. The molecule has 0 unspecified atom stereocenters. The van der Waals surface area contributed by atoms with E-state index in [1.807, 2.05) is 0 Å². The number of aromatic hydroxyl groups is 4. The molecular formula is C34H28ClFN2O8. The molecule has 0 aliphatic heterocycles. The van der Waals surface area contributed by atoms with Gasteiger partial charge in [0.25, 0.3) is 0 Å². The van der Waals surface area contributed by atoms with Crippen molar-refractivity contribution in [3.63, 3.8) is 0 Å². The molecule has 10 nitrogen and oxygen atoms in total. The maximum absolute atomic E-state index is 14.8. The van der Waals surface area contributed by atoms with Crippen LogP contribution < -0.4 is 0 Å². The van der Waals surface area contributed by atoms with Gasteiger partial charge in [0, 0.05) is 39.1 Å². The van der Waals surface area contributed by atoms with Crippen molar-refractivity contribution >= 4 is 45.3 Å². The smallest absolute Gasteiger partial charge is 0.308 e. The first-order valence-electron chi connectivity index (χ1n) is 13.9. The fourth-order valence-corrected chi connectivity index (χ4v) is 5.70. The molecule has 6 aromatic rings. The molecule has 0 atom stereocenters. The number of carbonyl (C=O) groups is 2. The number of fused-ring (bicyclic) bond motifs is 2. The molecule has 0 saturated carbocycles. The van der Waals surface area contributed by atoms with Crippen molar-refractivity contribution in [1.29, 1.82) is 0 Å². The molecule has 0 spiro atoms. The summed E-state index contributed by atoms with van der Waals surface area (Å²) in [6.45, 7) is 0.295. The minimum Gasteiger partial charge on any atom is -0.508 e.